The molecule has 0 aromatic rings. The van der Waals surface area contributed by atoms with Crippen LogP contribution < -0.4 is 0 Å². The lowest BCUT2D eigenvalue weighted by Gasteiger charge is -2.62. The Kier molecular flexibility index (Phi) is 9.32. The van der Waals surface area contributed by atoms with Gasteiger partial charge in [0.05, 0.1) is 24.2 Å². The number of hydrogen-bond donors (Lipinski definition) is 0. The Morgan fingerprint density at radius 2 is 0.667 bits per heavy atom. The Morgan fingerprint density at radius 3 is 1.06 bits per heavy atom. The summed E-state index contributed by atoms with van der Waals surface area (Å²) < 4.78 is 7.63. The smallest absolute Gasteiger partial charge is 0.0899 e. The summed E-state index contributed by atoms with van der Waals surface area (Å²) in [4.78, 5) is 10.2. The molecule has 8 aliphatic carbocycles. The van der Waals surface area contributed by atoms with Crippen LogP contribution in [0.25, 0.3) is 0 Å². The Bertz CT molecular complexity index is 1350. The number of nitrogens with zero attached hydrogens (tertiary/aromatic N) is 4. The van der Waals surface area contributed by atoms with E-state index < -0.39 is 0 Å². The summed E-state index contributed by atoms with van der Waals surface area (Å²) in [6.07, 6.45) is 40.8. The highest BCUT2D eigenvalue weighted by Crippen LogP contribution is 2.62. The first kappa shape index (κ1) is 35.3. The third kappa shape index (κ3) is 5.19. The second kappa shape index (κ2) is 14.3. The van der Waals surface area contributed by atoms with Crippen LogP contribution in [0.1, 0.15) is 180 Å². The number of fused-ring (bicyclic) bond motifs is 12. The summed E-state index contributed by atoms with van der Waals surface area (Å²) >= 11 is 0. The molecule has 0 bridgehead atoms. The molecule has 4 saturated heterocycles. The van der Waals surface area contributed by atoms with Gasteiger partial charge in [0.2, 0.25) is 0 Å². The topological polar surface area (TPSA) is 42.7 Å². The fourth-order valence-electron chi connectivity index (χ4n) is 19.2. The van der Waals surface area contributed by atoms with E-state index in [9.17, 15) is 5.26 Å². The lowest BCUT2D eigenvalue weighted by Crippen LogP contribution is -2.75. The van der Waals surface area contributed by atoms with Gasteiger partial charge in [-0.25, -0.2) is 0 Å². The van der Waals surface area contributed by atoms with Gasteiger partial charge in [-0.1, -0.05) is 89.9 Å². The molecule has 0 amide bonds. The summed E-state index contributed by atoms with van der Waals surface area (Å²) in [7, 11) is 0. The van der Waals surface area contributed by atoms with Gasteiger partial charge in [-0.3, -0.25) is 14.7 Å². The molecule has 8 saturated carbocycles. The predicted octanol–water partition coefficient (Wildman–Crippen LogP) is 10.1. The average molecular weight is 737 g/mol. The van der Waals surface area contributed by atoms with Crippen LogP contribution in [0.5, 0.6) is 0 Å². The number of hydrogen-bond acceptors (Lipinski definition) is 5. The van der Waals surface area contributed by atoms with E-state index >= 15 is 0 Å². The molecule has 0 aromatic carbocycles. The van der Waals surface area contributed by atoms with Crippen molar-refractivity contribution in [1.82, 2.24) is 14.7 Å². The molecule has 4 aliphatic heterocycles. The zero-order valence-corrected chi connectivity index (χ0v) is 34.0. The molecule has 20 atom stereocenters. The van der Waals surface area contributed by atoms with E-state index in [0.29, 0.717) is 48.1 Å². The van der Waals surface area contributed by atoms with Gasteiger partial charge in [0, 0.05) is 60.3 Å². The molecule has 0 N–H and O–H groups in total. The molecule has 5 heteroatoms. The van der Waals surface area contributed by atoms with Crippen molar-refractivity contribution in [3.8, 4) is 6.07 Å². The lowest BCUT2D eigenvalue weighted by molar-refractivity contribution is -0.144. The molecule has 12 aliphatic rings. The first-order chi connectivity index (χ1) is 26.8. The second-order valence-electron chi connectivity index (χ2n) is 22.2. The van der Waals surface area contributed by atoms with Crippen molar-refractivity contribution in [2.75, 3.05) is 0 Å². The van der Waals surface area contributed by atoms with Gasteiger partial charge in [-0.2, -0.15) is 5.26 Å². The van der Waals surface area contributed by atoms with Crippen molar-refractivity contribution in [1.29, 1.82) is 5.26 Å². The van der Waals surface area contributed by atoms with E-state index in [1.807, 2.05) is 0 Å². The van der Waals surface area contributed by atoms with Crippen LogP contribution in [-0.2, 0) is 4.74 Å². The van der Waals surface area contributed by atoms with Crippen LogP contribution in [0.4, 0.5) is 0 Å². The molecule has 12 fully saturated rings. The number of nitriles is 1. The third-order valence-electron chi connectivity index (χ3n) is 20.6. The fourth-order valence-corrected chi connectivity index (χ4v) is 19.2. The molecule has 298 valence electrons. The molecule has 20 unspecified atom stereocenters. The Balaban J connectivity index is 1.08. The van der Waals surface area contributed by atoms with Gasteiger partial charge >= 0.3 is 0 Å². The first-order valence-electron chi connectivity index (χ1n) is 25.2. The van der Waals surface area contributed by atoms with Gasteiger partial charge in [-0.15, -0.1) is 0 Å². The zero-order valence-electron chi connectivity index (χ0n) is 34.0. The monoisotopic (exact) mass is 737 g/mol. The van der Waals surface area contributed by atoms with E-state index in [0.717, 1.165) is 59.7 Å². The summed E-state index contributed by atoms with van der Waals surface area (Å²) in [6.45, 7) is 0. The van der Waals surface area contributed by atoms with Crippen LogP contribution in [0.15, 0.2) is 0 Å². The number of likely N-dealkylation sites (tertiary alicyclic amines) is 3. The summed E-state index contributed by atoms with van der Waals surface area (Å²) in [6, 6.07) is 9.31. The maximum atomic E-state index is 12.0. The van der Waals surface area contributed by atoms with E-state index in [1.165, 1.54) is 180 Å². The maximum Gasteiger partial charge on any atom is 0.0899 e. The SMILES string of the molecule is N#CC1C2OC3CCCCC3C2C(N2C3CCCCC3C3CCCCC32)C(N2C3CCCCC3C3CCCCC32)C1N1C2CCCCC2C2CCCCC21. The van der Waals surface area contributed by atoms with Crippen LogP contribution >= 0.6 is 0 Å². The van der Waals surface area contributed by atoms with Crippen molar-refractivity contribution < 1.29 is 4.74 Å². The molecule has 5 nitrogen and oxygen atoms in total. The summed E-state index contributed by atoms with van der Waals surface area (Å²) in [5.74, 6) is 6.72. The van der Waals surface area contributed by atoms with Crippen molar-refractivity contribution in [3.05, 3.63) is 0 Å². The normalized spacial score (nSPS) is 56.0. The van der Waals surface area contributed by atoms with E-state index in [1.54, 1.807) is 0 Å². The zero-order chi connectivity index (χ0) is 35.5. The second-order valence-corrected chi connectivity index (χ2v) is 22.2. The van der Waals surface area contributed by atoms with Gasteiger partial charge in [-0.05, 0) is 131 Å². The minimum absolute atomic E-state index is 0.0293. The van der Waals surface area contributed by atoms with Crippen LogP contribution in [-0.4, -0.2) is 81.3 Å². The Hall–Kier alpha value is -0.670. The van der Waals surface area contributed by atoms with Crippen LogP contribution in [0, 0.1) is 64.6 Å². The molecular formula is C49H76N4O. The van der Waals surface area contributed by atoms with Gasteiger partial charge < -0.3 is 4.74 Å². The largest absolute Gasteiger partial charge is 0.373 e. The number of rotatable bonds is 3. The van der Waals surface area contributed by atoms with Crippen LogP contribution in [0.2, 0.25) is 0 Å². The molecule has 12 rings (SSSR count). The molecule has 0 aromatic heterocycles. The maximum absolute atomic E-state index is 12.0. The molecule has 0 spiro atoms. The molecule has 0 radical (unpaired) electrons. The minimum atomic E-state index is 0.0293. The number of ether oxygens (including phenoxy) is 1. The van der Waals surface area contributed by atoms with Gasteiger partial charge in [0.25, 0.3) is 0 Å². The highest BCUT2D eigenvalue weighted by Gasteiger charge is 2.70. The summed E-state index contributed by atoms with van der Waals surface area (Å²) in [5, 5.41) is 12.0. The molecular weight excluding hydrogens is 661 g/mol. The molecule has 54 heavy (non-hydrogen) atoms. The van der Waals surface area contributed by atoms with Gasteiger partial charge in [0.15, 0.2) is 0 Å². The molecule has 4 heterocycles. The minimum Gasteiger partial charge on any atom is -0.373 e. The lowest BCUT2D eigenvalue weighted by atomic mass is 9.62. The van der Waals surface area contributed by atoms with Crippen molar-refractivity contribution in [2.24, 2.45) is 53.3 Å². The van der Waals surface area contributed by atoms with E-state index in [2.05, 4.69) is 20.8 Å². The van der Waals surface area contributed by atoms with E-state index in [-0.39, 0.29) is 12.0 Å². The quantitative estimate of drug-likeness (QED) is 0.289. The highest BCUT2D eigenvalue weighted by atomic mass is 16.5. The van der Waals surface area contributed by atoms with Crippen molar-refractivity contribution in [2.45, 2.75) is 246 Å². The van der Waals surface area contributed by atoms with Crippen molar-refractivity contribution >= 4 is 0 Å². The third-order valence-corrected chi connectivity index (χ3v) is 20.6. The van der Waals surface area contributed by atoms with Crippen molar-refractivity contribution in [3.63, 3.8) is 0 Å². The predicted molar refractivity (Wildman–Crippen MR) is 215 cm³/mol. The average Bonchev–Trinajstić information content (AvgIpc) is 3.97. The Morgan fingerprint density at radius 1 is 0.352 bits per heavy atom. The van der Waals surface area contributed by atoms with Gasteiger partial charge in [0.1, 0.15) is 0 Å². The van der Waals surface area contributed by atoms with E-state index in [4.69, 9.17) is 4.74 Å². The van der Waals surface area contributed by atoms with Crippen LogP contribution in [0.3, 0.4) is 0 Å². The Labute approximate surface area is 329 Å². The standard InChI is InChI=1S/C49H76N4O/c50-29-37-46(51-38-22-8-1-15-30(38)31-16-2-9-23-39(31)51)48(53-42-26-12-5-19-34(42)35-20-6-13-27-43(35)53)47(45-36-21-7-14-28-44(36)54-49(37)45)52-40-24-10-3-17-32(40)33-18-4-11-25-41(33)52/h30-49H,1-28H2. The fraction of sp³-hybridized carbons (Fsp3) is 0.980. The summed E-state index contributed by atoms with van der Waals surface area (Å²) in [5.41, 5.74) is 0. The highest BCUT2D eigenvalue weighted by molar-refractivity contribution is 5.25. The first-order valence-corrected chi connectivity index (χ1v) is 25.2.